The number of methoxy groups -OCH3 is 1. The van der Waals surface area contributed by atoms with E-state index in [4.69, 9.17) is 4.74 Å². The Morgan fingerprint density at radius 3 is 2.76 bits per heavy atom. The van der Waals surface area contributed by atoms with Gasteiger partial charge in [-0.2, -0.15) is 5.10 Å². The van der Waals surface area contributed by atoms with E-state index in [0.717, 1.165) is 11.1 Å². The van der Waals surface area contributed by atoms with Crippen LogP contribution in [0.1, 0.15) is 6.92 Å². The molecule has 0 radical (unpaired) electrons. The van der Waals surface area contributed by atoms with Crippen molar-refractivity contribution in [1.29, 1.82) is 0 Å². The summed E-state index contributed by atoms with van der Waals surface area (Å²) in [4.78, 5) is 16.1. The summed E-state index contributed by atoms with van der Waals surface area (Å²) in [5, 5.41) is 13.8. The van der Waals surface area contributed by atoms with Crippen molar-refractivity contribution in [3.05, 3.63) is 42.9 Å². The third-order valence-corrected chi connectivity index (χ3v) is 4.80. The molecule has 3 heterocycles. The summed E-state index contributed by atoms with van der Waals surface area (Å²) in [7, 11) is 1.37. The van der Waals surface area contributed by atoms with E-state index in [9.17, 15) is 4.79 Å². The Labute approximate surface area is 146 Å². The second kappa shape index (κ2) is 6.17. The molecule has 1 unspecified atom stereocenters. The maximum atomic E-state index is 11.6. The molecular formula is C16H14N6O2S. The van der Waals surface area contributed by atoms with Crippen LogP contribution in [0.4, 0.5) is 0 Å². The van der Waals surface area contributed by atoms with Crippen LogP contribution in [0.5, 0.6) is 0 Å². The van der Waals surface area contributed by atoms with Crippen molar-refractivity contribution in [3.63, 3.8) is 0 Å². The molecule has 3 aromatic heterocycles. The van der Waals surface area contributed by atoms with Crippen molar-refractivity contribution in [1.82, 2.24) is 29.4 Å². The lowest BCUT2D eigenvalue weighted by Crippen LogP contribution is -2.15. The molecule has 0 aliphatic rings. The molecule has 0 aliphatic carbocycles. The Morgan fingerprint density at radius 1 is 1.20 bits per heavy atom. The second-order valence-electron chi connectivity index (χ2n) is 5.33. The Kier molecular flexibility index (Phi) is 3.85. The number of nitrogens with zero attached hydrogens (tertiary/aromatic N) is 6. The summed E-state index contributed by atoms with van der Waals surface area (Å²) < 4.78 is 8.26. The van der Waals surface area contributed by atoms with Crippen LogP contribution < -0.4 is 0 Å². The minimum atomic E-state index is -0.389. The summed E-state index contributed by atoms with van der Waals surface area (Å²) in [6.07, 6.45) is 3.36. The van der Waals surface area contributed by atoms with Gasteiger partial charge < -0.3 is 4.74 Å². The molecule has 8 nitrogen and oxygen atoms in total. The van der Waals surface area contributed by atoms with Crippen molar-refractivity contribution in [2.45, 2.75) is 17.3 Å². The molecule has 9 heteroatoms. The van der Waals surface area contributed by atoms with Crippen LogP contribution in [0.2, 0.25) is 0 Å². The highest BCUT2D eigenvalue weighted by molar-refractivity contribution is 8.00. The fraction of sp³-hybridized carbons (Fsp3) is 0.188. The predicted octanol–water partition coefficient (Wildman–Crippen LogP) is 2.12. The highest BCUT2D eigenvalue weighted by Crippen LogP contribution is 2.26. The minimum absolute atomic E-state index is 0.312. The van der Waals surface area contributed by atoms with Crippen LogP contribution in [0, 0.1) is 0 Å². The van der Waals surface area contributed by atoms with Gasteiger partial charge in [-0.05, 0) is 19.1 Å². The number of thioether (sulfide) groups is 1. The maximum absolute atomic E-state index is 11.6. The van der Waals surface area contributed by atoms with E-state index >= 15 is 0 Å². The molecule has 0 fully saturated rings. The zero-order valence-electron chi connectivity index (χ0n) is 13.5. The van der Waals surface area contributed by atoms with E-state index in [1.165, 1.54) is 18.9 Å². The van der Waals surface area contributed by atoms with E-state index < -0.39 is 0 Å². The first-order valence-electron chi connectivity index (χ1n) is 7.56. The average Bonchev–Trinajstić information content (AvgIpc) is 3.25. The van der Waals surface area contributed by atoms with E-state index in [2.05, 4.69) is 20.3 Å². The lowest BCUT2D eigenvalue weighted by molar-refractivity contribution is -0.139. The van der Waals surface area contributed by atoms with Crippen LogP contribution in [0.3, 0.4) is 0 Å². The number of rotatable bonds is 4. The molecule has 4 aromatic rings. The van der Waals surface area contributed by atoms with Crippen molar-refractivity contribution in [3.8, 4) is 5.69 Å². The first-order valence-corrected chi connectivity index (χ1v) is 8.44. The Hall–Kier alpha value is -2.94. The fourth-order valence-electron chi connectivity index (χ4n) is 2.51. The number of hydrogen-bond donors (Lipinski definition) is 0. The predicted molar refractivity (Wildman–Crippen MR) is 92.7 cm³/mol. The van der Waals surface area contributed by atoms with Crippen LogP contribution in [-0.2, 0) is 9.53 Å². The summed E-state index contributed by atoms with van der Waals surface area (Å²) in [5.74, 6) is -0.312. The van der Waals surface area contributed by atoms with Gasteiger partial charge in [0.05, 0.1) is 24.4 Å². The number of carbonyl (C=O) groups is 1. The number of benzene rings is 1. The van der Waals surface area contributed by atoms with Crippen LogP contribution in [0.25, 0.3) is 22.4 Å². The van der Waals surface area contributed by atoms with E-state index in [-0.39, 0.29) is 11.2 Å². The van der Waals surface area contributed by atoms with Crippen molar-refractivity contribution in [2.24, 2.45) is 0 Å². The lowest BCUT2D eigenvalue weighted by atomic mass is 10.3. The Morgan fingerprint density at radius 2 is 2.00 bits per heavy atom. The van der Waals surface area contributed by atoms with Gasteiger partial charge in [-0.1, -0.05) is 30.0 Å². The fourth-order valence-corrected chi connectivity index (χ4v) is 3.36. The number of aromatic nitrogens is 6. The zero-order chi connectivity index (χ0) is 17.4. The Bertz CT molecular complexity index is 1060. The van der Waals surface area contributed by atoms with E-state index in [0.29, 0.717) is 16.5 Å². The van der Waals surface area contributed by atoms with E-state index in [1.54, 1.807) is 28.5 Å². The molecule has 126 valence electrons. The van der Waals surface area contributed by atoms with Gasteiger partial charge in [-0.3, -0.25) is 9.20 Å². The summed E-state index contributed by atoms with van der Waals surface area (Å²) in [6, 6.07) is 9.76. The third-order valence-electron chi connectivity index (χ3n) is 3.76. The zero-order valence-corrected chi connectivity index (χ0v) is 14.3. The monoisotopic (exact) mass is 354 g/mol. The molecule has 0 aliphatic heterocycles. The Balaban J connectivity index is 1.79. The molecule has 4 rings (SSSR count). The average molecular weight is 354 g/mol. The molecular weight excluding hydrogens is 340 g/mol. The first kappa shape index (κ1) is 15.6. The van der Waals surface area contributed by atoms with Crippen LogP contribution >= 0.6 is 11.8 Å². The quantitative estimate of drug-likeness (QED) is 0.410. The molecule has 0 bridgehead atoms. The molecule has 1 atom stereocenters. The highest BCUT2D eigenvalue weighted by Gasteiger charge is 2.20. The van der Waals surface area contributed by atoms with Crippen LogP contribution in [0.15, 0.2) is 48.0 Å². The molecule has 0 N–H and O–H groups in total. The number of fused-ring (bicyclic) bond motifs is 3. The number of hydrogen-bond acceptors (Lipinski definition) is 7. The maximum Gasteiger partial charge on any atom is 0.318 e. The number of para-hydroxylation sites is 1. The molecule has 25 heavy (non-hydrogen) atoms. The molecule has 0 spiro atoms. The van der Waals surface area contributed by atoms with Gasteiger partial charge in [-0.25, -0.2) is 9.67 Å². The summed E-state index contributed by atoms with van der Waals surface area (Å²) >= 11 is 1.27. The largest absolute Gasteiger partial charge is 0.468 e. The van der Waals surface area contributed by atoms with Crippen molar-refractivity contribution >= 4 is 34.4 Å². The second-order valence-corrected chi connectivity index (χ2v) is 6.64. The first-order chi connectivity index (χ1) is 12.2. The molecule has 0 amide bonds. The van der Waals surface area contributed by atoms with Gasteiger partial charge in [0.2, 0.25) is 0 Å². The van der Waals surface area contributed by atoms with Crippen LogP contribution in [-0.4, -0.2) is 47.7 Å². The van der Waals surface area contributed by atoms with Crippen molar-refractivity contribution in [2.75, 3.05) is 7.11 Å². The normalized spacial score (nSPS) is 12.6. The van der Waals surface area contributed by atoms with Gasteiger partial charge in [0.15, 0.2) is 16.5 Å². The molecule has 1 aromatic carbocycles. The highest BCUT2D eigenvalue weighted by atomic mass is 32.2. The van der Waals surface area contributed by atoms with Gasteiger partial charge in [0, 0.05) is 0 Å². The lowest BCUT2D eigenvalue weighted by Gasteiger charge is -2.07. The molecule has 0 saturated carbocycles. The van der Waals surface area contributed by atoms with Gasteiger partial charge in [0.25, 0.3) is 0 Å². The van der Waals surface area contributed by atoms with Gasteiger partial charge in [-0.15, -0.1) is 10.2 Å². The smallest absolute Gasteiger partial charge is 0.318 e. The number of carbonyl (C=O) groups excluding carboxylic acids is 1. The minimum Gasteiger partial charge on any atom is -0.468 e. The van der Waals surface area contributed by atoms with Gasteiger partial charge in [0.1, 0.15) is 11.6 Å². The molecule has 0 saturated heterocycles. The van der Waals surface area contributed by atoms with E-state index in [1.807, 2.05) is 30.3 Å². The van der Waals surface area contributed by atoms with Gasteiger partial charge >= 0.3 is 5.97 Å². The summed E-state index contributed by atoms with van der Waals surface area (Å²) in [6.45, 7) is 1.76. The number of ether oxygens (including phenoxy) is 1. The summed E-state index contributed by atoms with van der Waals surface area (Å²) in [5.41, 5.74) is 2.26. The standard InChI is InChI=1S/C16H14N6O2S/c1-10(15(23)24-2)25-16-20-19-14-12-8-18-22(11-6-4-3-5-7-11)13(12)17-9-21(14)16/h3-10H,1-2H3. The third kappa shape index (κ3) is 2.62. The topological polar surface area (TPSA) is 87.2 Å². The number of esters is 1. The van der Waals surface area contributed by atoms with Crippen molar-refractivity contribution < 1.29 is 9.53 Å². The SMILES string of the molecule is COC(=O)C(C)Sc1nnc2c3cnn(-c4ccccc4)c3ncn12.